The first-order valence-electron chi connectivity index (χ1n) is 9.43. The van der Waals surface area contributed by atoms with Crippen molar-refractivity contribution in [2.24, 2.45) is 17.3 Å². The van der Waals surface area contributed by atoms with Gasteiger partial charge < -0.3 is 14.6 Å². The molecule has 0 amide bonds. The molecule has 3 aliphatic rings. The normalized spacial score (nSPS) is 40.6. The Morgan fingerprint density at radius 1 is 1.17 bits per heavy atom. The number of rotatable bonds is 3. The molecule has 0 aromatic heterocycles. The zero-order valence-corrected chi connectivity index (χ0v) is 15.2. The van der Waals surface area contributed by atoms with Crippen molar-refractivity contribution in [1.82, 2.24) is 0 Å². The van der Waals surface area contributed by atoms with Crippen molar-refractivity contribution in [3.8, 4) is 5.75 Å². The molecule has 0 unspecified atom stereocenters. The fourth-order valence-electron chi connectivity index (χ4n) is 6.02. The van der Waals surface area contributed by atoms with Crippen molar-refractivity contribution in [1.29, 1.82) is 0 Å². The molecule has 2 saturated carbocycles. The Morgan fingerprint density at radius 2 is 2.00 bits per heavy atom. The lowest BCUT2D eigenvalue weighted by Crippen LogP contribution is -2.49. The van der Waals surface area contributed by atoms with Crippen molar-refractivity contribution >= 4 is 0 Å². The number of ether oxygens (including phenoxy) is 2. The lowest BCUT2D eigenvalue weighted by molar-refractivity contribution is -0.0901. The third-order valence-electron chi connectivity index (χ3n) is 7.60. The van der Waals surface area contributed by atoms with Crippen LogP contribution in [0, 0.1) is 17.3 Å². The van der Waals surface area contributed by atoms with Crippen LogP contribution in [0.25, 0.3) is 0 Å². The molecule has 0 heterocycles. The second-order valence-electron chi connectivity index (χ2n) is 8.60. The highest BCUT2D eigenvalue weighted by molar-refractivity contribution is 5.40. The molecule has 1 N–H and O–H groups in total. The molecule has 0 bridgehead atoms. The maximum absolute atomic E-state index is 10.9. The van der Waals surface area contributed by atoms with Crippen LogP contribution in [0.4, 0.5) is 0 Å². The fraction of sp³-hybridized carbons (Fsp3) is 0.714. The molecule has 0 spiro atoms. The van der Waals surface area contributed by atoms with E-state index in [0.717, 1.165) is 30.9 Å². The Balaban J connectivity index is 1.61. The van der Waals surface area contributed by atoms with E-state index in [4.69, 9.17) is 9.47 Å². The molecule has 3 aliphatic carbocycles. The topological polar surface area (TPSA) is 38.7 Å². The monoisotopic (exact) mass is 330 g/mol. The van der Waals surface area contributed by atoms with Crippen LogP contribution in [-0.2, 0) is 11.2 Å². The van der Waals surface area contributed by atoms with Gasteiger partial charge in [0.15, 0.2) is 6.79 Å². The summed E-state index contributed by atoms with van der Waals surface area (Å²) in [5.74, 6) is 2.98. The summed E-state index contributed by atoms with van der Waals surface area (Å²) in [4.78, 5) is 0. The molecule has 0 saturated heterocycles. The standard InChI is InChI=1S/C21H30O3/c1-20-10-8-17-16-7-5-15(24-13-23-3)12-14(16)4-6-18(17)19(20)9-11-21(20,2)22/h5,7,12,17-19,22H,4,6,8-11,13H2,1-3H3/t17-,18-,19+,20+,21+/m1/s1. The van der Waals surface area contributed by atoms with E-state index in [9.17, 15) is 5.11 Å². The largest absolute Gasteiger partial charge is 0.468 e. The minimum absolute atomic E-state index is 0.104. The van der Waals surface area contributed by atoms with E-state index in [1.165, 1.54) is 30.4 Å². The molecule has 4 rings (SSSR count). The Labute approximate surface area is 145 Å². The predicted molar refractivity (Wildman–Crippen MR) is 94.2 cm³/mol. The zero-order chi connectivity index (χ0) is 16.9. The van der Waals surface area contributed by atoms with Gasteiger partial charge in [-0.15, -0.1) is 0 Å². The van der Waals surface area contributed by atoms with Gasteiger partial charge in [0.25, 0.3) is 0 Å². The summed E-state index contributed by atoms with van der Waals surface area (Å²) >= 11 is 0. The van der Waals surface area contributed by atoms with Gasteiger partial charge in [-0.05, 0) is 91.9 Å². The van der Waals surface area contributed by atoms with E-state index >= 15 is 0 Å². The smallest absolute Gasteiger partial charge is 0.188 e. The average molecular weight is 330 g/mol. The lowest BCUT2D eigenvalue weighted by Gasteiger charge is -2.52. The maximum Gasteiger partial charge on any atom is 0.188 e. The lowest BCUT2D eigenvalue weighted by atomic mass is 9.53. The Hall–Kier alpha value is -1.06. The molecule has 5 atom stereocenters. The number of hydrogen-bond acceptors (Lipinski definition) is 3. The van der Waals surface area contributed by atoms with Crippen LogP contribution in [0.3, 0.4) is 0 Å². The predicted octanol–water partition coefficient (Wildman–Crippen LogP) is 4.28. The number of aliphatic hydroxyl groups is 1. The van der Waals surface area contributed by atoms with Crippen molar-refractivity contribution in [3.05, 3.63) is 29.3 Å². The van der Waals surface area contributed by atoms with Gasteiger partial charge in [-0.3, -0.25) is 0 Å². The summed E-state index contributed by atoms with van der Waals surface area (Å²) < 4.78 is 10.6. The van der Waals surface area contributed by atoms with E-state index in [-0.39, 0.29) is 5.41 Å². The Morgan fingerprint density at radius 3 is 2.79 bits per heavy atom. The summed E-state index contributed by atoms with van der Waals surface area (Å²) in [6.07, 6.45) is 6.90. The van der Waals surface area contributed by atoms with Crippen LogP contribution in [0.15, 0.2) is 18.2 Å². The van der Waals surface area contributed by atoms with E-state index < -0.39 is 5.60 Å². The number of hydrogen-bond donors (Lipinski definition) is 1. The van der Waals surface area contributed by atoms with Crippen molar-refractivity contribution in [2.45, 2.75) is 63.9 Å². The highest BCUT2D eigenvalue weighted by Gasteiger charge is 2.59. The van der Waals surface area contributed by atoms with Gasteiger partial charge in [-0.25, -0.2) is 0 Å². The molecule has 1 aromatic carbocycles. The summed E-state index contributed by atoms with van der Waals surface area (Å²) in [6, 6.07) is 6.59. The Bertz CT molecular complexity index is 624. The first-order chi connectivity index (χ1) is 11.5. The van der Waals surface area contributed by atoms with E-state index in [1.807, 2.05) is 0 Å². The zero-order valence-electron chi connectivity index (χ0n) is 15.2. The maximum atomic E-state index is 10.9. The van der Waals surface area contributed by atoms with Gasteiger partial charge in [0, 0.05) is 7.11 Å². The second kappa shape index (κ2) is 5.74. The highest BCUT2D eigenvalue weighted by Crippen LogP contribution is 2.64. The molecule has 3 heteroatoms. The fourth-order valence-corrected chi connectivity index (χ4v) is 6.02. The van der Waals surface area contributed by atoms with E-state index in [1.54, 1.807) is 7.11 Å². The van der Waals surface area contributed by atoms with Crippen LogP contribution in [0.2, 0.25) is 0 Å². The quantitative estimate of drug-likeness (QED) is 0.841. The molecule has 3 nitrogen and oxygen atoms in total. The van der Waals surface area contributed by atoms with Crippen LogP contribution < -0.4 is 4.74 Å². The van der Waals surface area contributed by atoms with Gasteiger partial charge >= 0.3 is 0 Å². The average Bonchev–Trinajstić information content (AvgIpc) is 2.82. The molecule has 0 radical (unpaired) electrons. The minimum Gasteiger partial charge on any atom is -0.468 e. The second-order valence-corrected chi connectivity index (χ2v) is 8.60. The van der Waals surface area contributed by atoms with Gasteiger partial charge in [-0.2, -0.15) is 0 Å². The SMILES string of the molecule is COCOc1ccc2c(c1)CC[C@@H]1[C@@H]2CC[C@@]2(C)[C@H]1CC[C@]2(C)O. The Kier molecular flexibility index (Phi) is 3.92. The molecule has 1 aromatic rings. The minimum atomic E-state index is -0.485. The van der Waals surface area contributed by atoms with Crippen LogP contribution in [0.1, 0.15) is 63.0 Å². The molecule has 132 valence electrons. The first-order valence-corrected chi connectivity index (χ1v) is 9.43. The summed E-state index contributed by atoms with van der Waals surface area (Å²) in [5.41, 5.74) is 2.61. The molecule has 2 fully saturated rings. The van der Waals surface area contributed by atoms with Crippen LogP contribution >= 0.6 is 0 Å². The van der Waals surface area contributed by atoms with Crippen LogP contribution in [0.5, 0.6) is 5.75 Å². The van der Waals surface area contributed by atoms with E-state index in [2.05, 4.69) is 32.0 Å². The summed E-state index contributed by atoms with van der Waals surface area (Å²) in [5, 5.41) is 10.9. The molecule has 24 heavy (non-hydrogen) atoms. The van der Waals surface area contributed by atoms with Gasteiger partial charge in [0.1, 0.15) is 5.75 Å². The molecule has 0 aliphatic heterocycles. The number of fused-ring (bicyclic) bond motifs is 5. The third kappa shape index (κ3) is 2.32. The number of methoxy groups -OCH3 is 1. The van der Waals surface area contributed by atoms with Crippen molar-refractivity contribution in [3.63, 3.8) is 0 Å². The third-order valence-corrected chi connectivity index (χ3v) is 7.60. The highest BCUT2D eigenvalue weighted by atomic mass is 16.7. The molecular formula is C21H30O3. The van der Waals surface area contributed by atoms with Gasteiger partial charge in [0.05, 0.1) is 5.60 Å². The molecular weight excluding hydrogens is 300 g/mol. The van der Waals surface area contributed by atoms with Crippen LogP contribution in [-0.4, -0.2) is 24.6 Å². The van der Waals surface area contributed by atoms with Gasteiger partial charge in [-0.1, -0.05) is 13.0 Å². The van der Waals surface area contributed by atoms with E-state index in [0.29, 0.717) is 18.6 Å². The van der Waals surface area contributed by atoms with Gasteiger partial charge in [0.2, 0.25) is 0 Å². The number of aryl methyl sites for hydroxylation is 1. The first kappa shape index (κ1) is 16.4. The van der Waals surface area contributed by atoms with Crippen molar-refractivity contribution in [2.75, 3.05) is 13.9 Å². The summed E-state index contributed by atoms with van der Waals surface area (Å²) in [7, 11) is 1.65. The summed E-state index contributed by atoms with van der Waals surface area (Å²) in [6.45, 7) is 4.72. The van der Waals surface area contributed by atoms with Crippen molar-refractivity contribution < 1.29 is 14.6 Å². The number of benzene rings is 1.